The van der Waals surface area contributed by atoms with E-state index in [9.17, 15) is 9.59 Å². The fourth-order valence-corrected chi connectivity index (χ4v) is 3.69. The molecule has 154 valence electrons. The number of ether oxygens (including phenoxy) is 2. The fourth-order valence-electron chi connectivity index (χ4n) is 3.69. The Morgan fingerprint density at radius 1 is 1.07 bits per heavy atom. The summed E-state index contributed by atoms with van der Waals surface area (Å²) in [5, 5.41) is 0. The normalized spacial score (nSPS) is 21.8. The Morgan fingerprint density at radius 2 is 1.66 bits per heavy atom. The van der Waals surface area contributed by atoms with E-state index in [0.29, 0.717) is 18.6 Å². The molecule has 0 radical (unpaired) electrons. The van der Waals surface area contributed by atoms with E-state index in [1.807, 2.05) is 76.2 Å². The van der Waals surface area contributed by atoms with Crippen LogP contribution in [-0.2, 0) is 20.0 Å². The zero-order valence-corrected chi connectivity index (χ0v) is 17.6. The Labute approximate surface area is 172 Å². The molecule has 1 fully saturated rings. The van der Waals surface area contributed by atoms with Gasteiger partial charge in [-0.2, -0.15) is 0 Å². The van der Waals surface area contributed by atoms with Crippen LogP contribution in [0.5, 0.6) is 0 Å². The highest BCUT2D eigenvalue weighted by molar-refractivity contribution is 5.95. The first-order chi connectivity index (χ1) is 13.7. The molecule has 0 bridgehead atoms. The lowest BCUT2D eigenvalue weighted by Crippen LogP contribution is -2.48. The maximum absolute atomic E-state index is 13.4. The highest BCUT2D eigenvalue weighted by atomic mass is 16.6. The Hall–Kier alpha value is -2.66. The van der Waals surface area contributed by atoms with Gasteiger partial charge in [0.25, 0.3) is 5.91 Å². The zero-order chi connectivity index (χ0) is 21.1. The Morgan fingerprint density at radius 3 is 2.24 bits per heavy atom. The number of nitrogens with zero attached hydrogens (tertiary/aromatic N) is 1. The Balaban J connectivity index is 1.86. The molecule has 1 heterocycles. The highest BCUT2D eigenvalue weighted by Gasteiger charge is 2.48. The molecule has 1 aliphatic rings. The number of benzene rings is 2. The summed E-state index contributed by atoms with van der Waals surface area (Å²) in [4.78, 5) is 27.5. The molecule has 1 aliphatic heterocycles. The number of esters is 1. The summed E-state index contributed by atoms with van der Waals surface area (Å²) < 4.78 is 11.6. The van der Waals surface area contributed by atoms with Crippen LogP contribution in [0, 0.1) is 0 Å². The summed E-state index contributed by atoms with van der Waals surface area (Å²) >= 11 is 0. The van der Waals surface area contributed by atoms with Gasteiger partial charge in [-0.1, -0.05) is 48.5 Å². The van der Waals surface area contributed by atoms with Gasteiger partial charge in [0.1, 0.15) is 5.60 Å². The summed E-state index contributed by atoms with van der Waals surface area (Å²) in [5.74, 6) is -0.374. The predicted octanol–water partition coefficient (Wildman–Crippen LogP) is 4.52. The molecule has 2 aromatic carbocycles. The zero-order valence-electron chi connectivity index (χ0n) is 17.6. The first kappa shape index (κ1) is 21.1. The molecule has 0 aliphatic carbocycles. The number of amides is 1. The lowest BCUT2D eigenvalue weighted by atomic mass is 9.99. The average Bonchev–Trinajstić information content (AvgIpc) is 3.03. The largest absolute Gasteiger partial charge is 0.460 e. The van der Waals surface area contributed by atoms with Crippen molar-refractivity contribution in [1.82, 2.24) is 4.90 Å². The standard InChI is InChI=1S/C24H29NO4/c1-23(2,3)29-21(26)16-15-20-17-28-24(4,19-13-9-6-10-14-19)25(20)22(27)18-11-7-5-8-12-18/h5-14,20H,15-17H2,1-4H3/t20-,24+/m0/s1. The first-order valence-electron chi connectivity index (χ1n) is 10.0. The minimum Gasteiger partial charge on any atom is -0.460 e. The van der Waals surface area contributed by atoms with E-state index in [0.717, 1.165) is 5.56 Å². The van der Waals surface area contributed by atoms with Crippen molar-refractivity contribution in [2.24, 2.45) is 0 Å². The molecular formula is C24H29NO4. The molecule has 5 nitrogen and oxygen atoms in total. The number of rotatable bonds is 5. The van der Waals surface area contributed by atoms with Crippen molar-refractivity contribution in [1.29, 1.82) is 0 Å². The minimum absolute atomic E-state index is 0.108. The third-order valence-corrected chi connectivity index (χ3v) is 5.03. The second-order valence-corrected chi connectivity index (χ2v) is 8.48. The van der Waals surface area contributed by atoms with Crippen molar-refractivity contribution in [2.75, 3.05) is 6.61 Å². The van der Waals surface area contributed by atoms with Gasteiger partial charge in [0.15, 0.2) is 5.72 Å². The van der Waals surface area contributed by atoms with Crippen LogP contribution >= 0.6 is 0 Å². The van der Waals surface area contributed by atoms with Crippen LogP contribution in [0.15, 0.2) is 60.7 Å². The molecule has 5 heteroatoms. The van der Waals surface area contributed by atoms with Crippen LogP contribution < -0.4 is 0 Å². The van der Waals surface area contributed by atoms with Gasteiger partial charge in [0, 0.05) is 17.5 Å². The van der Waals surface area contributed by atoms with Gasteiger partial charge in [-0.15, -0.1) is 0 Å². The molecule has 3 rings (SSSR count). The molecule has 2 aromatic rings. The second kappa shape index (κ2) is 8.37. The monoisotopic (exact) mass is 395 g/mol. The van der Waals surface area contributed by atoms with Crippen molar-refractivity contribution in [2.45, 2.75) is 57.9 Å². The van der Waals surface area contributed by atoms with Gasteiger partial charge in [-0.25, -0.2) is 0 Å². The quantitative estimate of drug-likeness (QED) is 0.699. The summed E-state index contributed by atoms with van der Waals surface area (Å²) in [6.45, 7) is 7.83. The molecule has 0 unspecified atom stereocenters. The summed E-state index contributed by atoms with van der Waals surface area (Å²) in [5.41, 5.74) is 0.0835. The molecule has 29 heavy (non-hydrogen) atoms. The fraction of sp³-hybridized carbons (Fsp3) is 0.417. The summed E-state index contributed by atoms with van der Waals surface area (Å²) in [7, 11) is 0. The van der Waals surface area contributed by atoms with Gasteiger partial charge in [-0.05, 0) is 46.2 Å². The smallest absolute Gasteiger partial charge is 0.306 e. The van der Waals surface area contributed by atoms with Crippen molar-refractivity contribution in [3.63, 3.8) is 0 Å². The molecule has 0 N–H and O–H groups in total. The average molecular weight is 395 g/mol. The molecular weight excluding hydrogens is 366 g/mol. The predicted molar refractivity (Wildman–Crippen MR) is 111 cm³/mol. The van der Waals surface area contributed by atoms with E-state index in [4.69, 9.17) is 9.47 Å². The third kappa shape index (κ3) is 4.85. The van der Waals surface area contributed by atoms with Gasteiger partial charge in [-0.3, -0.25) is 9.59 Å². The van der Waals surface area contributed by atoms with E-state index in [2.05, 4.69) is 0 Å². The van der Waals surface area contributed by atoms with Crippen LogP contribution in [-0.4, -0.2) is 35.0 Å². The SMILES string of the molecule is CC(C)(C)OC(=O)CC[C@H]1CO[C@](C)(c2ccccc2)N1C(=O)c1ccccc1. The van der Waals surface area contributed by atoms with Gasteiger partial charge in [0.2, 0.25) is 0 Å². The lowest BCUT2D eigenvalue weighted by Gasteiger charge is -2.37. The lowest BCUT2D eigenvalue weighted by molar-refractivity contribution is -0.155. The van der Waals surface area contributed by atoms with Crippen LogP contribution in [0.2, 0.25) is 0 Å². The number of hydrogen-bond acceptors (Lipinski definition) is 4. The van der Waals surface area contributed by atoms with Crippen molar-refractivity contribution < 1.29 is 19.1 Å². The second-order valence-electron chi connectivity index (χ2n) is 8.48. The van der Waals surface area contributed by atoms with Crippen molar-refractivity contribution >= 4 is 11.9 Å². The molecule has 1 amide bonds. The van der Waals surface area contributed by atoms with Crippen molar-refractivity contribution in [3.05, 3.63) is 71.8 Å². The van der Waals surface area contributed by atoms with Gasteiger partial charge >= 0.3 is 5.97 Å². The van der Waals surface area contributed by atoms with E-state index >= 15 is 0 Å². The van der Waals surface area contributed by atoms with Crippen molar-refractivity contribution in [3.8, 4) is 0 Å². The molecule has 0 saturated carbocycles. The van der Waals surface area contributed by atoms with E-state index < -0.39 is 11.3 Å². The van der Waals surface area contributed by atoms with Crippen LogP contribution in [0.1, 0.15) is 56.5 Å². The summed E-state index contributed by atoms with van der Waals surface area (Å²) in [6.07, 6.45) is 0.713. The first-order valence-corrected chi connectivity index (χ1v) is 10.0. The molecule has 1 saturated heterocycles. The topological polar surface area (TPSA) is 55.8 Å². The minimum atomic E-state index is -0.896. The van der Waals surface area contributed by atoms with Gasteiger partial charge in [0.05, 0.1) is 12.6 Å². The molecule has 0 aromatic heterocycles. The van der Waals surface area contributed by atoms with Crippen LogP contribution in [0.4, 0.5) is 0 Å². The van der Waals surface area contributed by atoms with E-state index in [1.165, 1.54) is 0 Å². The van der Waals surface area contributed by atoms with Crippen LogP contribution in [0.25, 0.3) is 0 Å². The van der Waals surface area contributed by atoms with E-state index in [-0.39, 0.29) is 24.3 Å². The van der Waals surface area contributed by atoms with E-state index in [1.54, 1.807) is 17.0 Å². The molecule has 0 spiro atoms. The number of carbonyl (C=O) groups is 2. The maximum Gasteiger partial charge on any atom is 0.306 e. The highest BCUT2D eigenvalue weighted by Crippen LogP contribution is 2.39. The Kier molecular flexibility index (Phi) is 6.08. The third-order valence-electron chi connectivity index (χ3n) is 5.03. The number of carbonyl (C=O) groups excluding carboxylic acids is 2. The maximum atomic E-state index is 13.4. The van der Waals surface area contributed by atoms with Crippen LogP contribution in [0.3, 0.4) is 0 Å². The van der Waals surface area contributed by atoms with Gasteiger partial charge < -0.3 is 14.4 Å². The Bertz CT molecular complexity index is 844. The number of hydrogen-bond donors (Lipinski definition) is 0. The molecule has 2 atom stereocenters. The summed E-state index contributed by atoms with van der Waals surface area (Å²) in [6, 6.07) is 18.7.